The normalized spacial score (nSPS) is 10.6. The van der Waals surface area contributed by atoms with E-state index >= 15 is 0 Å². The number of nitrogens with zero attached hydrogens (tertiary/aromatic N) is 1. The Bertz CT molecular complexity index is 957. The molecule has 0 aliphatic carbocycles. The van der Waals surface area contributed by atoms with Crippen molar-refractivity contribution in [1.82, 2.24) is 4.98 Å². The molecule has 120 valence electrons. The van der Waals surface area contributed by atoms with Crippen molar-refractivity contribution in [3.05, 3.63) is 103 Å². The quantitative estimate of drug-likeness (QED) is 0.435. The smallest absolute Gasteiger partial charge is 0.123 e. The molecular formula is C23H16FN. The highest BCUT2D eigenvalue weighted by atomic mass is 19.1. The summed E-state index contributed by atoms with van der Waals surface area (Å²) in [6.45, 7) is 0. The summed E-state index contributed by atoms with van der Waals surface area (Å²) < 4.78 is 13.0. The van der Waals surface area contributed by atoms with Gasteiger partial charge in [-0.25, -0.2) is 4.39 Å². The van der Waals surface area contributed by atoms with E-state index in [1.54, 1.807) is 18.3 Å². The summed E-state index contributed by atoms with van der Waals surface area (Å²) in [5.41, 5.74) is 6.68. The van der Waals surface area contributed by atoms with Crippen molar-refractivity contribution in [2.45, 2.75) is 0 Å². The number of pyridine rings is 1. The molecule has 0 atom stereocenters. The zero-order chi connectivity index (χ0) is 17.1. The Morgan fingerprint density at radius 1 is 0.480 bits per heavy atom. The maximum absolute atomic E-state index is 13.0. The Hall–Kier alpha value is -3.26. The minimum absolute atomic E-state index is 0.214. The first-order valence-electron chi connectivity index (χ1n) is 8.16. The van der Waals surface area contributed by atoms with Crippen molar-refractivity contribution in [3.63, 3.8) is 0 Å². The number of benzene rings is 3. The second-order valence-electron chi connectivity index (χ2n) is 5.90. The Balaban J connectivity index is 1.59. The van der Waals surface area contributed by atoms with Crippen LogP contribution in [0.1, 0.15) is 0 Å². The Morgan fingerprint density at radius 2 is 0.880 bits per heavy atom. The van der Waals surface area contributed by atoms with Crippen molar-refractivity contribution in [2.75, 3.05) is 0 Å². The van der Waals surface area contributed by atoms with Crippen LogP contribution in [0.2, 0.25) is 0 Å². The summed E-state index contributed by atoms with van der Waals surface area (Å²) in [6, 6.07) is 27.4. The molecule has 0 saturated heterocycles. The van der Waals surface area contributed by atoms with Crippen LogP contribution in [0.15, 0.2) is 97.3 Å². The van der Waals surface area contributed by atoms with Crippen molar-refractivity contribution in [3.8, 4) is 33.4 Å². The van der Waals surface area contributed by atoms with E-state index in [4.69, 9.17) is 0 Å². The first kappa shape index (κ1) is 15.3. The monoisotopic (exact) mass is 325 g/mol. The van der Waals surface area contributed by atoms with Gasteiger partial charge in [-0.15, -0.1) is 0 Å². The van der Waals surface area contributed by atoms with Gasteiger partial charge in [-0.1, -0.05) is 66.7 Å². The van der Waals surface area contributed by atoms with Crippen molar-refractivity contribution in [2.24, 2.45) is 0 Å². The van der Waals surface area contributed by atoms with Crippen LogP contribution >= 0.6 is 0 Å². The predicted octanol–water partition coefficient (Wildman–Crippen LogP) is 6.22. The summed E-state index contributed by atoms with van der Waals surface area (Å²) in [4.78, 5) is 4.16. The van der Waals surface area contributed by atoms with E-state index in [9.17, 15) is 4.39 Å². The van der Waals surface area contributed by atoms with Crippen LogP contribution < -0.4 is 0 Å². The highest BCUT2D eigenvalue weighted by Crippen LogP contribution is 2.27. The van der Waals surface area contributed by atoms with E-state index in [1.165, 1.54) is 17.7 Å². The summed E-state index contributed by atoms with van der Waals surface area (Å²) in [6.07, 6.45) is 3.65. The molecule has 0 aliphatic heterocycles. The molecule has 0 radical (unpaired) electrons. The number of hydrogen-bond donors (Lipinski definition) is 0. The molecule has 0 aliphatic rings. The van der Waals surface area contributed by atoms with Crippen LogP contribution in [0.25, 0.3) is 33.4 Å². The molecule has 0 fully saturated rings. The van der Waals surface area contributed by atoms with Gasteiger partial charge in [-0.2, -0.15) is 0 Å². The van der Waals surface area contributed by atoms with Gasteiger partial charge in [-0.05, 0) is 51.6 Å². The first-order valence-corrected chi connectivity index (χ1v) is 8.16. The van der Waals surface area contributed by atoms with Crippen LogP contribution in [0.4, 0.5) is 4.39 Å². The molecule has 25 heavy (non-hydrogen) atoms. The lowest BCUT2D eigenvalue weighted by Gasteiger charge is -2.07. The Labute approximate surface area is 146 Å². The zero-order valence-corrected chi connectivity index (χ0v) is 13.6. The summed E-state index contributed by atoms with van der Waals surface area (Å²) >= 11 is 0. The summed E-state index contributed by atoms with van der Waals surface area (Å²) in [5, 5.41) is 0. The third kappa shape index (κ3) is 3.33. The van der Waals surface area contributed by atoms with E-state index in [0.717, 1.165) is 27.8 Å². The molecule has 0 unspecified atom stereocenters. The molecule has 1 nitrogen and oxygen atoms in total. The van der Waals surface area contributed by atoms with Gasteiger partial charge in [0.15, 0.2) is 0 Å². The van der Waals surface area contributed by atoms with E-state index < -0.39 is 0 Å². The van der Waals surface area contributed by atoms with E-state index in [1.807, 2.05) is 12.3 Å². The molecule has 3 aromatic carbocycles. The average Bonchev–Trinajstić information content (AvgIpc) is 2.70. The topological polar surface area (TPSA) is 12.9 Å². The predicted molar refractivity (Wildman–Crippen MR) is 101 cm³/mol. The SMILES string of the molecule is Fc1ccc(-c2ccc(-c3ccc(-c4cccnc4)cc3)cc2)cc1. The summed E-state index contributed by atoms with van der Waals surface area (Å²) in [7, 11) is 0. The maximum Gasteiger partial charge on any atom is 0.123 e. The fourth-order valence-corrected chi connectivity index (χ4v) is 2.89. The molecule has 0 amide bonds. The second-order valence-corrected chi connectivity index (χ2v) is 5.90. The third-order valence-corrected chi connectivity index (χ3v) is 4.28. The zero-order valence-electron chi connectivity index (χ0n) is 13.6. The first-order chi connectivity index (χ1) is 12.3. The van der Waals surface area contributed by atoms with E-state index in [0.29, 0.717) is 0 Å². The van der Waals surface area contributed by atoms with Crippen molar-refractivity contribution in [1.29, 1.82) is 0 Å². The molecule has 0 N–H and O–H groups in total. The minimum Gasteiger partial charge on any atom is -0.264 e. The van der Waals surface area contributed by atoms with Gasteiger partial charge >= 0.3 is 0 Å². The lowest BCUT2D eigenvalue weighted by molar-refractivity contribution is 0.628. The van der Waals surface area contributed by atoms with Crippen LogP contribution in [0.3, 0.4) is 0 Å². The van der Waals surface area contributed by atoms with Crippen LogP contribution in [0, 0.1) is 5.82 Å². The Kier molecular flexibility index (Phi) is 4.09. The van der Waals surface area contributed by atoms with E-state index in [2.05, 4.69) is 59.6 Å². The fourth-order valence-electron chi connectivity index (χ4n) is 2.89. The van der Waals surface area contributed by atoms with Gasteiger partial charge < -0.3 is 0 Å². The average molecular weight is 325 g/mol. The minimum atomic E-state index is -0.214. The molecule has 0 saturated carbocycles. The largest absolute Gasteiger partial charge is 0.264 e. The van der Waals surface area contributed by atoms with Gasteiger partial charge in [0.1, 0.15) is 5.82 Å². The fraction of sp³-hybridized carbons (Fsp3) is 0. The van der Waals surface area contributed by atoms with Gasteiger partial charge in [0.05, 0.1) is 0 Å². The lowest BCUT2D eigenvalue weighted by atomic mass is 9.98. The number of aromatic nitrogens is 1. The Morgan fingerprint density at radius 3 is 1.28 bits per heavy atom. The standard InChI is InChI=1S/C23H16FN/c24-23-13-11-20(12-14-23)19-5-3-17(4-6-19)18-7-9-21(10-8-18)22-2-1-15-25-16-22/h1-16H. The highest BCUT2D eigenvalue weighted by Gasteiger charge is 2.02. The molecule has 1 heterocycles. The van der Waals surface area contributed by atoms with Crippen LogP contribution in [0.5, 0.6) is 0 Å². The van der Waals surface area contributed by atoms with Crippen LogP contribution in [-0.4, -0.2) is 4.98 Å². The number of hydrogen-bond acceptors (Lipinski definition) is 1. The lowest BCUT2D eigenvalue weighted by Crippen LogP contribution is -1.83. The van der Waals surface area contributed by atoms with Gasteiger partial charge in [0, 0.05) is 12.4 Å². The highest BCUT2D eigenvalue weighted by molar-refractivity contribution is 5.73. The molecule has 4 aromatic rings. The summed E-state index contributed by atoms with van der Waals surface area (Å²) in [5.74, 6) is -0.214. The maximum atomic E-state index is 13.0. The van der Waals surface area contributed by atoms with Crippen molar-refractivity contribution >= 4 is 0 Å². The molecule has 0 spiro atoms. The number of halogens is 1. The molecule has 1 aromatic heterocycles. The molecular weight excluding hydrogens is 309 g/mol. The second kappa shape index (κ2) is 6.70. The van der Waals surface area contributed by atoms with E-state index in [-0.39, 0.29) is 5.82 Å². The van der Waals surface area contributed by atoms with Crippen LogP contribution in [-0.2, 0) is 0 Å². The third-order valence-electron chi connectivity index (χ3n) is 4.28. The van der Waals surface area contributed by atoms with Gasteiger partial charge in [-0.3, -0.25) is 4.98 Å². The number of rotatable bonds is 3. The van der Waals surface area contributed by atoms with Gasteiger partial charge in [0.2, 0.25) is 0 Å². The van der Waals surface area contributed by atoms with Crippen molar-refractivity contribution < 1.29 is 4.39 Å². The molecule has 2 heteroatoms. The molecule has 4 rings (SSSR count). The van der Waals surface area contributed by atoms with Gasteiger partial charge in [0.25, 0.3) is 0 Å². The molecule has 0 bridgehead atoms.